The Morgan fingerprint density at radius 3 is 2.88 bits per heavy atom. The number of carbonyl (C=O) groups is 1. The van der Waals surface area contributed by atoms with Gasteiger partial charge in [-0.2, -0.15) is 0 Å². The van der Waals surface area contributed by atoms with E-state index in [2.05, 4.69) is 10.6 Å². The molecule has 6 heteroatoms. The molecule has 0 saturated carbocycles. The molecule has 1 aromatic rings. The molecule has 0 aliphatic carbocycles. The van der Waals surface area contributed by atoms with Gasteiger partial charge in [-0.05, 0) is 24.6 Å². The lowest BCUT2D eigenvalue weighted by molar-refractivity contribution is -0.117. The van der Waals surface area contributed by atoms with Crippen LogP contribution in [0.5, 0.6) is 5.75 Å². The molecule has 2 atom stereocenters. The predicted octanol–water partition coefficient (Wildman–Crippen LogP) is 0.707. The van der Waals surface area contributed by atoms with Crippen LogP contribution in [0.2, 0.25) is 5.02 Å². The van der Waals surface area contributed by atoms with Gasteiger partial charge >= 0.3 is 0 Å². The minimum Gasteiger partial charge on any atom is -0.506 e. The molecule has 1 amide bonds. The Bertz CT molecular complexity index is 439. The topological polar surface area (TPSA) is 81.6 Å². The van der Waals surface area contributed by atoms with Crippen LogP contribution in [0.25, 0.3) is 0 Å². The molecule has 17 heavy (non-hydrogen) atoms. The van der Waals surface area contributed by atoms with Crippen LogP contribution in [0.3, 0.4) is 0 Å². The van der Waals surface area contributed by atoms with Gasteiger partial charge in [-0.1, -0.05) is 11.6 Å². The van der Waals surface area contributed by atoms with Gasteiger partial charge in [-0.25, -0.2) is 0 Å². The second kappa shape index (κ2) is 4.91. The molecule has 0 radical (unpaired) electrons. The zero-order valence-electron chi connectivity index (χ0n) is 8.98. The molecule has 92 valence electrons. The number of carbonyl (C=O) groups excluding carboxylic acids is 1. The summed E-state index contributed by atoms with van der Waals surface area (Å²) in [7, 11) is 0. The summed E-state index contributed by atoms with van der Waals surface area (Å²) in [6.45, 7) is 0.425. The molecule has 1 aromatic carbocycles. The normalized spacial score (nSPS) is 23.6. The number of nitrogens with one attached hydrogen (secondary N) is 2. The molecule has 0 bridgehead atoms. The number of anilines is 1. The summed E-state index contributed by atoms with van der Waals surface area (Å²) in [6.07, 6.45) is -0.0772. The SMILES string of the molecule is O=C(Nc1ccc(O)c(Cl)c1)C1CC(O)CN1. The van der Waals surface area contributed by atoms with Crippen molar-refractivity contribution in [1.82, 2.24) is 5.32 Å². The van der Waals surface area contributed by atoms with Gasteiger partial charge < -0.3 is 20.8 Å². The van der Waals surface area contributed by atoms with E-state index in [1.807, 2.05) is 0 Å². The van der Waals surface area contributed by atoms with E-state index < -0.39 is 12.1 Å². The largest absolute Gasteiger partial charge is 0.506 e. The number of phenolic OH excluding ortho intramolecular Hbond substituents is 1. The van der Waals surface area contributed by atoms with Crippen LogP contribution >= 0.6 is 11.6 Å². The van der Waals surface area contributed by atoms with E-state index in [1.54, 1.807) is 6.07 Å². The summed E-state index contributed by atoms with van der Waals surface area (Å²) in [6, 6.07) is 4.05. The lowest BCUT2D eigenvalue weighted by atomic mass is 10.2. The first kappa shape index (κ1) is 12.2. The summed E-state index contributed by atoms with van der Waals surface area (Å²) in [4.78, 5) is 11.8. The fourth-order valence-corrected chi connectivity index (χ4v) is 1.91. The average molecular weight is 257 g/mol. The number of aliphatic hydroxyl groups excluding tert-OH is 1. The number of benzene rings is 1. The molecular weight excluding hydrogens is 244 g/mol. The first-order valence-electron chi connectivity index (χ1n) is 5.27. The number of rotatable bonds is 2. The summed E-state index contributed by atoms with van der Waals surface area (Å²) in [5.74, 6) is -0.248. The van der Waals surface area contributed by atoms with E-state index in [9.17, 15) is 15.0 Å². The van der Waals surface area contributed by atoms with E-state index >= 15 is 0 Å². The number of amides is 1. The fourth-order valence-electron chi connectivity index (χ4n) is 1.73. The Balaban J connectivity index is 2.00. The maximum absolute atomic E-state index is 11.8. The zero-order chi connectivity index (χ0) is 12.4. The van der Waals surface area contributed by atoms with Gasteiger partial charge in [0.15, 0.2) is 0 Å². The Kier molecular flexibility index (Phi) is 3.51. The predicted molar refractivity (Wildman–Crippen MR) is 64.2 cm³/mol. The van der Waals surface area contributed by atoms with Crippen molar-refractivity contribution in [3.05, 3.63) is 23.2 Å². The van der Waals surface area contributed by atoms with Crippen molar-refractivity contribution < 1.29 is 15.0 Å². The molecule has 1 fully saturated rings. The molecule has 0 spiro atoms. The van der Waals surface area contributed by atoms with E-state index in [0.717, 1.165) is 0 Å². The van der Waals surface area contributed by atoms with Crippen LogP contribution in [0.1, 0.15) is 6.42 Å². The van der Waals surface area contributed by atoms with Crippen LogP contribution in [0.4, 0.5) is 5.69 Å². The third-order valence-corrected chi connectivity index (χ3v) is 2.94. The lowest BCUT2D eigenvalue weighted by Gasteiger charge is -2.11. The van der Waals surface area contributed by atoms with Gasteiger partial charge in [0.05, 0.1) is 17.2 Å². The monoisotopic (exact) mass is 256 g/mol. The van der Waals surface area contributed by atoms with Gasteiger partial charge in [0.25, 0.3) is 0 Å². The van der Waals surface area contributed by atoms with Crippen molar-refractivity contribution in [2.24, 2.45) is 0 Å². The molecule has 5 nitrogen and oxygen atoms in total. The van der Waals surface area contributed by atoms with Crippen molar-refractivity contribution in [3.63, 3.8) is 0 Å². The summed E-state index contributed by atoms with van der Waals surface area (Å²) in [5, 5.41) is 24.3. The van der Waals surface area contributed by atoms with Crippen LogP contribution < -0.4 is 10.6 Å². The summed E-state index contributed by atoms with van der Waals surface area (Å²) >= 11 is 5.72. The van der Waals surface area contributed by atoms with E-state index in [4.69, 9.17) is 11.6 Å². The van der Waals surface area contributed by atoms with Crippen LogP contribution in [0.15, 0.2) is 18.2 Å². The minimum atomic E-state index is -0.478. The Morgan fingerprint density at radius 2 is 2.29 bits per heavy atom. The maximum Gasteiger partial charge on any atom is 0.241 e. The number of aromatic hydroxyl groups is 1. The molecule has 1 aliphatic heterocycles. The molecule has 0 aromatic heterocycles. The van der Waals surface area contributed by atoms with E-state index in [0.29, 0.717) is 18.7 Å². The second-order valence-corrected chi connectivity index (χ2v) is 4.41. The zero-order valence-corrected chi connectivity index (χ0v) is 9.74. The third-order valence-electron chi connectivity index (χ3n) is 2.64. The highest BCUT2D eigenvalue weighted by Crippen LogP contribution is 2.26. The van der Waals surface area contributed by atoms with Gasteiger partial charge in [0.1, 0.15) is 5.75 Å². The lowest BCUT2D eigenvalue weighted by Crippen LogP contribution is -2.35. The van der Waals surface area contributed by atoms with Crippen molar-refractivity contribution in [3.8, 4) is 5.75 Å². The van der Waals surface area contributed by atoms with Crippen LogP contribution in [0, 0.1) is 0 Å². The number of halogens is 1. The number of phenols is 1. The molecule has 2 rings (SSSR count). The molecule has 1 heterocycles. The fraction of sp³-hybridized carbons (Fsp3) is 0.364. The minimum absolute atomic E-state index is 0.0286. The van der Waals surface area contributed by atoms with Gasteiger partial charge in [0, 0.05) is 12.2 Å². The number of hydrogen-bond acceptors (Lipinski definition) is 4. The Labute approximate surface area is 103 Å². The average Bonchev–Trinajstić information content (AvgIpc) is 2.70. The number of β-amino-alcohol motifs (C(OH)–C–C–N with tert-alkyl or cyclic N) is 1. The molecule has 1 aliphatic rings. The highest BCUT2D eigenvalue weighted by Gasteiger charge is 2.27. The standard InChI is InChI=1S/C11H13ClN2O3/c12-8-3-6(1-2-10(8)16)14-11(17)9-4-7(15)5-13-9/h1-3,7,9,13,15-16H,4-5H2,(H,14,17). The molecule has 2 unspecified atom stereocenters. The smallest absolute Gasteiger partial charge is 0.241 e. The molecule has 4 N–H and O–H groups in total. The third kappa shape index (κ3) is 2.88. The molecule has 1 saturated heterocycles. The van der Waals surface area contributed by atoms with Crippen molar-refractivity contribution in [2.45, 2.75) is 18.6 Å². The number of hydrogen-bond donors (Lipinski definition) is 4. The molecular formula is C11H13ClN2O3. The summed E-state index contributed by atoms with van der Waals surface area (Å²) < 4.78 is 0. The van der Waals surface area contributed by atoms with E-state index in [-0.39, 0.29) is 16.7 Å². The Morgan fingerprint density at radius 1 is 1.53 bits per heavy atom. The van der Waals surface area contributed by atoms with Gasteiger partial charge in [-0.15, -0.1) is 0 Å². The highest BCUT2D eigenvalue weighted by molar-refractivity contribution is 6.32. The van der Waals surface area contributed by atoms with Gasteiger partial charge in [-0.3, -0.25) is 4.79 Å². The highest BCUT2D eigenvalue weighted by atomic mass is 35.5. The van der Waals surface area contributed by atoms with Gasteiger partial charge in [0.2, 0.25) is 5.91 Å². The summed E-state index contributed by atoms with van der Waals surface area (Å²) in [5.41, 5.74) is 0.515. The van der Waals surface area contributed by atoms with Crippen LogP contribution in [-0.4, -0.2) is 34.8 Å². The Hall–Kier alpha value is -1.30. The van der Waals surface area contributed by atoms with Crippen molar-refractivity contribution in [1.29, 1.82) is 0 Å². The second-order valence-electron chi connectivity index (χ2n) is 4.01. The van der Waals surface area contributed by atoms with Crippen molar-refractivity contribution in [2.75, 3.05) is 11.9 Å². The first-order valence-corrected chi connectivity index (χ1v) is 5.65. The number of aliphatic hydroxyl groups is 1. The maximum atomic E-state index is 11.8. The van der Waals surface area contributed by atoms with Crippen LogP contribution in [-0.2, 0) is 4.79 Å². The van der Waals surface area contributed by atoms with Crippen molar-refractivity contribution >= 4 is 23.2 Å². The quantitative estimate of drug-likeness (QED) is 0.588. The first-order chi connectivity index (χ1) is 8.06. The van der Waals surface area contributed by atoms with E-state index in [1.165, 1.54) is 12.1 Å².